The Bertz CT molecular complexity index is 989. The third-order valence-corrected chi connectivity index (χ3v) is 5.05. The molecule has 2 amide bonds. The SMILES string of the molecule is Cc1ccc(C)c(-n2nnnc2S[C@@H](C)C(=O)NNC(=O)c2ccccc2)c1. The summed E-state index contributed by atoms with van der Waals surface area (Å²) in [6.07, 6.45) is 0. The van der Waals surface area contributed by atoms with Crippen LogP contribution in [-0.4, -0.2) is 37.3 Å². The van der Waals surface area contributed by atoms with Gasteiger partial charge in [0.1, 0.15) is 0 Å². The molecule has 2 N–H and O–H groups in total. The van der Waals surface area contributed by atoms with Crippen LogP contribution in [0.4, 0.5) is 0 Å². The highest BCUT2D eigenvalue weighted by Gasteiger charge is 2.20. The second kappa shape index (κ2) is 8.66. The molecule has 3 aromatic rings. The van der Waals surface area contributed by atoms with Crippen LogP contribution in [0.15, 0.2) is 53.7 Å². The summed E-state index contributed by atoms with van der Waals surface area (Å²) in [4.78, 5) is 24.4. The molecule has 28 heavy (non-hydrogen) atoms. The van der Waals surface area contributed by atoms with Crippen molar-refractivity contribution in [3.63, 3.8) is 0 Å². The molecule has 9 heteroatoms. The van der Waals surface area contributed by atoms with Crippen molar-refractivity contribution in [2.75, 3.05) is 0 Å². The molecule has 0 aliphatic rings. The summed E-state index contributed by atoms with van der Waals surface area (Å²) in [6.45, 7) is 5.68. The first-order valence-corrected chi connectivity index (χ1v) is 9.51. The molecule has 0 radical (unpaired) electrons. The number of hydrogen-bond acceptors (Lipinski definition) is 6. The van der Waals surface area contributed by atoms with Crippen LogP contribution < -0.4 is 10.9 Å². The molecule has 0 saturated carbocycles. The molecule has 1 heterocycles. The maximum Gasteiger partial charge on any atom is 0.269 e. The van der Waals surface area contributed by atoms with Crippen molar-refractivity contribution in [1.29, 1.82) is 0 Å². The zero-order valence-corrected chi connectivity index (χ0v) is 16.5. The quantitative estimate of drug-likeness (QED) is 0.506. The van der Waals surface area contributed by atoms with Gasteiger partial charge < -0.3 is 0 Å². The van der Waals surface area contributed by atoms with E-state index in [2.05, 4.69) is 26.4 Å². The van der Waals surface area contributed by atoms with E-state index >= 15 is 0 Å². The van der Waals surface area contributed by atoms with Crippen molar-refractivity contribution < 1.29 is 9.59 Å². The number of hydrazine groups is 1. The Morgan fingerprint density at radius 2 is 1.82 bits per heavy atom. The molecule has 0 bridgehead atoms. The largest absolute Gasteiger partial charge is 0.272 e. The monoisotopic (exact) mass is 396 g/mol. The van der Waals surface area contributed by atoms with Crippen LogP contribution in [0.1, 0.15) is 28.4 Å². The number of thioether (sulfide) groups is 1. The lowest BCUT2D eigenvalue weighted by molar-refractivity contribution is -0.121. The standard InChI is InChI=1S/C19H20N6O2S/c1-12-9-10-13(2)16(11-12)25-19(22-23-24-25)28-14(3)17(26)20-21-18(27)15-7-5-4-6-8-15/h4-11,14H,1-3H3,(H,20,26)(H,21,27)/t14-/m0/s1. The molecule has 2 aromatic carbocycles. The highest BCUT2D eigenvalue weighted by molar-refractivity contribution is 8.00. The number of nitrogens with zero attached hydrogens (tertiary/aromatic N) is 4. The average Bonchev–Trinajstić information content (AvgIpc) is 3.16. The fraction of sp³-hybridized carbons (Fsp3) is 0.211. The van der Waals surface area contributed by atoms with Crippen molar-refractivity contribution >= 4 is 23.6 Å². The van der Waals surface area contributed by atoms with Crippen LogP contribution in [0.2, 0.25) is 0 Å². The second-order valence-electron chi connectivity index (χ2n) is 6.23. The second-order valence-corrected chi connectivity index (χ2v) is 7.54. The molecule has 1 aromatic heterocycles. The van der Waals surface area contributed by atoms with Crippen LogP contribution in [0, 0.1) is 13.8 Å². The van der Waals surface area contributed by atoms with E-state index in [0.717, 1.165) is 16.8 Å². The first kappa shape index (κ1) is 19.6. The van der Waals surface area contributed by atoms with Gasteiger partial charge in [-0.2, -0.15) is 4.68 Å². The highest BCUT2D eigenvalue weighted by atomic mass is 32.2. The molecular weight excluding hydrogens is 376 g/mol. The van der Waals surface area contributed by atoms with Crippen molar-refractivity contribution in [1.82, 2.24) is 31.1 Å². The molecule has 0 unspecified atom stereocenters. The van der Waals surface area contributed by atoms with E-state index in [1.165, 1.54) is 11.8 Å². The predicted octanol–water partition coefficient (Wildman–Crippen LogP) is 2.22. The van der Waals surface area contributed by atoms with Gasteiger partial charge in [-0.3, -0.25) is 20.4 Å². The normalized spacial score (nSPS) is 11.7. The van der Waals surface area contributed by atoms with E-state index in [1.807, 2.05) is 38.1 Å². The van der Waals surface area contributed by atoms with E-state index < -0.39 is 5.25 Å². The molecule has 0 aliphatic heterocycles. The van der Waals surface area contributed by atoms with Gasteiger partial charge in [0, 0.05) is 5.56 Å². The average molecular weight is 396 g/mol. The third-order valence-electron chi connectivity index (χ3n) is 4.02. The summed E-state index contributed by atoms with van der Waals surface area (Å²) in [5.74, 6) is -0.740. The molecule has 144 valence electrons. The maximum absolute atomic E-state index is 12.3. The van der Waals surface area contributed by atoms with Crippen LogP contribution in [0.5, 0.6) is 0 Å². The molecule has 3 rings (SSSR count). The van der Waals surface area contributed by atoms with Gasteiger partial charge in [0.05, 0.1) is 10.9 Å². The van der Waals surface area contributed by atoms with Crippen LogP contribution >= 0.6 is 11.8 Å². The van der Waals surface area contributed by atoms with Gasteiger partial charge in [0.15, 0.2) is 0 Å². The number of benzene rings is 2. The van der Waals surface area contributed by atoms with Gasteiger partial charge in [-0.05, 0) is 60.5 Å². The molecule has 0 saturated heterocycles. The van der Waals surface area contributed by atoms with Crippen LogP contribution in [-0.2, 0) is 4.79 Å². The Morgan fingerprint density at radius 3 is 2.57 bits per heavy atom. The Balaban J connectivity index is 1.64. The first-order valence-electron chi connectivity index (χ1n) is 8.63. The Hall–Kier alpha value is -3.20. The van der Waals surface area contributed by atoms with Crippen LogP contribution in [0.25, 0.3) is 5.69 Å². The zero-order chi connectivity index (χ0) is 20.1. The fourth-order valence-electron chi connectivity index (χ4n) is 2.44. The number of hydrogen-bond donors (Lipinski definition) is 2. The van der Waals surface area contributed by atoms with Crippen molar-refractivity contribution in [2.24, 2.45) is 0 Å². The molecule has 0 aliphatic carbocycles. The number of amides is 2. The van der Waals surface area contributed by atoms with E-state index in [-0.39, 0.29) is 11.8 Å². The number of aromatic nitrogens is 4. The Labute approximate surface area is 166 Å². The molecule has 0 spiro atoms. The van der Waals surface area contributed by atoms with E-state index in [9.17, 15) is 9.59 Å². The lowest BCUT2D eigenvalue weighted by Gasteiger charge is -2.13. The number of tetrazole rings is 1. The topological polar surface area (TPSA) is 102 Å². The predicted molar refractivity (Wildman–Crippen MR) is 106 cm³/mol. The van der Waals surface area contributed by atoms with Gasteiger partial charge in [-0.25, -0.2) is 0 Å². The minimum Gasteiger partial charge on any atom is -0.272 e. The fourth-order valence-corrected chi connectivity index (χ4v) is 3.25. The summed E-state index contributed by atoms with van der Waals surface area (Å²) in [5, 5.41) is 11.8. The zero-order valence-electron chi connectivity index (χ0n) is 15.7. The molecule has 8 nitrogen and oxygen atoms in total. The van der Waals surface area contributed by atoms with Gasteiger partial charge >= 0.3 is 0 Å². The minimum atomic E-state index is -0.522. The van der Waals surface area contributed by atoms with E-state index in [0.29, 0.717) is 10.7 Å². The summed E-state index contributed by atoms with van der Waals surface area (Å²) in [6, 6.07) is 14.6. The number of aryl methyl sites for hydroxylation is 2. The maximum atomic E-state index is 12.3. The van der Waals surface area contributed by atoms with Crippen molar-refractivity contribution in [2.45, 2.75) is 31.2 Å². The minimum absolute atomic E-state index is 0.357. The summed E-state index contributed by atoms with van der Waals surface area (Å²) in [5.41, 5.74) is 8.27. The summed E-state index contributed by atoms with van der Waals surface area (Å²) in [7, 11) is 0. The summed E-state index contributed by atoms with van der Waals surface area (Å²) < 4.78 is 1.61. The van der Waals surface area contributed by atoms with Gasteiger partial charge in [-0.15, -0.1) is 5.10 Å². The van der Waals surface area contributed by atoms with Gasteiger partial charge in [0.25, 0.3) is 11.8 Å². The van der Waals surface area contributed by atoms with E-state index in [4.69, 9.17) is 0 Å². The Morgan fingerprint density at radius 1 is 1.07 bits per heavy atom. The van der Waals surface area contributed by atoms with Crippen LogP contribution in [0.3, 0.4) is 0 Å². The molecule has 1 atom stereocenters. The smallest absolute Gasteiger partial charge is 0.269 e. The number of nitrogens with one attached hydrogen (secondary N) is 2. The highest BCUT2D eigenvalue weighted by Crippen LogP contribution is 2.24. The number of carbonyl (C=O) groups excluding carboxylic acids is 2. The molecular formula is C19H20N6O2S. The third kappa shape index (κ3) is 4.55. The summed E-state index contributed by atoms with van der Waals surface area (Å²) >= 11 is 1.21. The van der Waals surface area contributed by atoms with E-state index in [1.54, 1.807) is 35.9 Å². The Kier molecular flexibility index (Phi) is 6.05. The van der Waals surface area contributed by atoms with Gasteiger partial charge in [-0.1, -0.05) is 42.1 Å². The molecule has 0 fully saturated rings. The lowest BCUT2D eigenvalue weighted by Crippen LogP contribution is -2.44. The van der Waals surface area contributed by atoms with Crippen molar-refractivity contribution in [3.05, 3.63) is 65.2 Å². The van der Waals surface area contributed by atoms with Crippen molar-refractivity contribution in [3.8, 4) is 5.69 Å². The number of carbonyl (C=O) groups is 2. The first-order chi connectivity index (χ1) is 13.5. The number of rotatable bonds is 5. The lowest BCUT2D eigenvalue weighted by atomic mass is 10.1. The van der Waals surface area contributed by atoms with Gasteiger partial charge in [0.2, 0.25) is 5.16 Å².